The minimum absolute atomic E-state index is 0.00876. The molecule has 0 saturated carbocycles. The molecule has 164 valence electrons. The number of ether oxygens (including phenoxy) is 3. The number of hydrogen-bond donors (Lipinski definition) is 0. The van der Waals surface area contributed by atoms with E-state index in [1.54, 1.807) is 35.8 Å². The largest absolute Gasteiger partial charge is 0.494 e. The number of aryl methyl sites for hydroxylation is 1. The van der Waals surface area contributed by atoms with Crippen molar-refractivity contribution >= 4 is 33.4 Å². The molecule has 8 heteroatoms. The van der Waals surface area contributed by atoms with Gasteiger partial charge in [-0.2, -0.15) is 4.99 Å². The number of amides is 1. The zero-order chi connectivity index (χ0) is 22.2. The lowest BCUT2D eigenvalue weighted by atomic mass is 10.2. The molecule has 0 atom stereocenters. The fraction of sp³-hybridized carbons (Fsp3) is 0.348. The van der Waals surface area contributed by atoms with Crippen molar-refractivity contribution in [3.63, 3.8) is 0 Å². The predicted octanol–water partition coefficient (Wildman–Crippen LogP) is 3.73. The average molecular weight is 443 g/mol. The van der Waals surface area contributed by atoms with Crippen molar-refractivity contribution in [3.05, 3.63) is 52.8 Å². The van der Waals surface area contributed by atoms with Gasteiger partial charge in [0.2, 0.25) is 0 Å². The molecule has 0 radical (unpaired) electrons. The summed E-state index contributed by atoms with van der Waals surface area (Å²) < 4.78 is 18.7. The molecule has 3 rings (SSSR count). The van der Waals surface area contributed by atoms with Crippen LogP contribution in [-0.4, -0.2) is 36.3 Å². The molecule has 0 bridgehead atoms. The third kappa shape index (κ3) is 5.95. The molecule has 2 aromatic carbocycles. The summed E-state index contributed by atoms with van der Waals surface area (Å²) in [6, 6.07) is 13.1. The van der Waals surface area contributed by atoms with Gasteiger partial charge in [0, 0.05) is 0 Å². The van der Waals surface area contributed by atoms with Gasteiger partial charge in [-0.3, -0.25) is 9.59 Å². The van der Waals surface area contributed by atoms with Crippen molar-refractivity contribution in [1.29, 1.82) is 0 Å². The van der Waals surface area contributed by atoms with Crippen LogP contribution in [0.2, 0.25) is 0 Å². The van der Waals surface area contributed by atoms with Gasteiger partial charge in [0.05, 0.1) is 23.4 Å². The number of nitrogens with zero attached hydrogens (tertiary/aromatic N) is 2. The average Bonchev–Trinajstić information content (AvgIpc) is 3.09. The molecule has 0 aliphatic rings. The van der Waals surface area contributed by atoms with Crippen LogP contribution in [0.4, 0.5) is 0 Å². The number of fused-ring (bicyclic) bond motifs is 1. The van der Waals surface area contributed by atoms with Crippen LogP contribution in [0.25, 0.3) is 10.2 Å². The third-order valence-corrected chi connectivity index (χ3v) is 5.51. The third-order valence-electron chi connectivity index (χ3n) is 4.47. The highest BCUT2D eigenvalue weighted by Crippen LogP contribution is 2.20. The molecular formula is C23H26N2O5S. The summed E-state index contributed by atoms with van der Waals surface area (Å²) in [5, 5.41) is 0. The van der Waals surface area contributed by atoms with Crippen LogP contribution in [0.5, 0.6) is 11.5 Å². The van der Waals surface area contributed by atoms with Crippen molar-refractivity contribution in [3.8, 4) is 11.5 Å². The fourth-order valence-corrected chi connectivity index (χ4v) is 4.10. The topological polar surface area (TPSA) is 79.1 Å². The smallest absolute Gasteiger partial charge is 0.326 e. The summed E-state index contributed by atoms with van der Waals surface area (Å²) in [6.45, 7) is 6.41. The first-order valence-electron chi connectivity index (χ1n) is 10.2. The Kier molecular flexibility index (Phi) is 7.83. The summed E-state index contributed by atoms with van der Waals surface area (Å²) in [6.07, 6.45) is 0.896. The molecule has 0 N–H and O–H groups in total. The second-order valence-electron chi connectivity index (χ2n) is 6.63. The molecule has 0 aliphatic heterocycles. The molecule has 1 heterocycles. The Balaban J connectivity index is 1.83. The van der Waals surface area contributed by atoms with Crippen molar-refractivity contribution < 1.29 is 23.8 Å². The Morgan fingerprint density at radius 3 is 2.32 bits per heavy atom. The van der Waals surface area contributed by atoms with Crippen LogP contribution in [0, 0.1) is 0 Å². The summed E-state index contributed by atoms with van der Waals surface area (Å²) in [7, 11) is 0. The molecule has 0 aliphatic carbocycles. The Morgan fingerprint density at radius 1 is 0.968 bits per heavy atom. The Bertz CT molecular complexity index is 1120. The normalized spacial score (nSPS) is 11.5. The highest BCUT2D eigenvalue weighted by molar-refractivity contribution is 7.16. The van der Waals surface area contributed by atoms with E-state index in [0.717, 1.165) is 22.4 Å². The molecule has 1 aromatic heterocycles. The van der Waals surface area contributed by atoms with Gasteiger partial charge in [-0.1, -0.05) is 24.3 Å². The first-order valence-corrected chi connectivity index (χ1v) is 11.1. The second kappa shape index (κ2) is 10.8. The van der Waals surface area contributed by atoms with Crippen molar-refractivity contribution in [2.75, 3.05) is 19.8 Å². The number of benzene rings is 2. The molecule has 0 spiro atoms. The highest BCUT2D eigenvalue weighted by atomic mass is 32.1. The highest BCUT2D eigenvalue weighted by Gasteiger charge is 2.13. The molecule has 0 unspecified atom stereocenters. The number of esters is 1. The molecule has 0 saturated heterocycles. The number of carbonyl (C=O) groups excluding carboxylic acids is 2. The van der Waals surface area contributed by atoms with Gasteiger partial charge in [0.25, 0.3) is 5.91 Å². The van der Waals surface area contributed by atoms with E-state index in [4.69, 9.17) is 14.2 Å². The van der Waals surface area contributed by atoms with Gasteiger partial charge in [0.1, 0.15) is 18.0 Å². The van der Waals surface area contributed by atoms with Gasteiger partial charge in [-0.25, -0.2) is 0 Å². The van der Waals surface area contributed by atoms with Crippen LogP contribution in [0.1, 0.15) is 26.3 Å². The maximum Gasteiger partial charge on any atom is 0.326 e. The molecule has 1 amide bonds. The maximum atomic E-state index is 12.5. The number of hydrogen-bond acceptors (Lipinski definition) is 6. The van der Waals surface area contributed by atoms with Crippen molar-refractivity contribution in [2.24, 2.45) is 4.99 Å². The van der Waals surface area contributed by atoms with Gasteiger partial charge in [-0.15, -0.1) is 0 Å². The van der Waals surface area contributed by atoms with Crippen LogP contribution in [0.15, 0.2) is 47.5 Å². The van der Waals surface area contributed by atoms with Gasteiger partial charge < -0.3 is 18.8 Å². The van der Waals surface area contributed by atoms with E-state index in [2.05, 4.69) is 18.0 Å². The summed E-state index contributed by atoms with van der Waals surface area (Å²) in [5.74, 6) is 0.480. The van der Waals surface area contributed by atoms with E-state index in [1.807, 2.05) is 19.1 Å². The van der Waals surface area contributed by atoms with E-state index < -0.39 is 5.91 Å². The van der Waals surface area contributed by atoms with E-state index in [9.17, 15) is 9.59 Å². The standard InChI is InChI=1S/C23H26N2O5S/c1-4-16-7-12-19-20(13-16)31-23(25(19)14-22(27)29-6-3)24-21(26)15-30-18-10-8-17(9-11-18)28-5-2/h7-13H,4-6,14-15H2,1-3H3. The summed E-state index contributed by atoms with van der Waals surface area (Å²) >= 11 is 1.37. The minimum atomic E-state index is -0.436. The van der Waals surface area contributed by atoms with Crippen LogP contribution in [0.3, 0.4) is 0 Å². The quantitative estimate of drug-likeness (QED) is 0.472. The number of thiazole rings is 1. The number of rotatable bonds is 9. The summed E-state index contributed by atoms with van der Waals surface area (Å²) in [4.78, 5) is 29.2. The maximum absolute atomic E-state index is 12.5. The molecule has 31 heavy (non-hydrogen) atoms. The molecule has 0 fully saturated rings. The zero-order valence-corrected chi connectivity index (χ0v) is 18.7. The lowest BCUT2D eigenvalue weighted by Gasteiger charge is -2.06. The zero-order valence-electron chi connectivity index (χ0n) is 17.9. The Hall–Kier alpha value is -3.13. The monoisotopic (exact) mass is 442 g/mol. The van der Waals surface area contributed by atoms with Crippen molar-refractivity contribution in [1.82, 2.24) is 4.57 Å². The predicted molar refractivity (Wildman–Crippen MR) is 120 cm³/mol. The summed E-state index contributed by atoms with van der Waals surface area (Å²) in [5.41, 5.74) is 2.02. The lowest BCUT2D eigenvalue weighted by molar-refractivity contribution is -0.143. The first kappa shape index (κ1) is 22.6. The minimum Gasteiger partial charge on any atom is -0.494 e. The van der Waals surface area contributed by atoms with E-state index in [-0.39, 0.29) is 19.1 Å². The van der Waals surface area contributed by atoms with Gasteiger partial charge >= 0.3 is 5.97 Å². The SMILES string of the molecule is CCOC(=O)Cn1c(=NC(=O)COc2ccc(OCC)cc2)sc2cc(CC)ccc21. The molecular weight excluding hydrogens is 416 g/mol. The van der Waals surface area contributed by atoms with Crippen molar-refractivity contribution in [2.45, 2.75) is 33.7 Å². The fourth-order valence-electron chi connectivity index (χ4n) is 2.99. The van der Waals surface area contributed by atoms with Gasteiger partial charge in [0.15, 0.2) is 11.4 Å². The first-order chi connectivity index (χ1) is 15.0. The number of aromatic nitrogens is 1. The van der Waals surface area contributed by atoms with E-state index in [0.29, 0.717) is 23.8 Å². The Labute approximate surface area is 184 Å². The second-order valence-corrected chi connectivity index (χ2v) is 7.64. The van der Waals surface area contributed by atoms with E-state index in [1.165, 1.54) is 16.9 Å². The number of carbonyl (C=O) groups is 2. The Morgan fingerprint density at radius 2 is 1.68 bits per heavy atom. The lowest BCUT2D eigenvalue weighted by Crippen LogP contribution is -2.24. The van der Waals surface area contributed by atoms with Crippen LogP contribution >= 0.6 is 11.3 Å². The van der Waals surface area contributed by atoms with Gasteiger partial charge in [-0.05, 0) is 62.2 Å². The van der Waals surface area contributed by atoms with Crippen LogP contribution in [-0.2, 0) is 27.3 Å². The molecule has 3 aromatic rings. The van der Waals surface area contributed by atoms with E-state index >= 15 is 0 Å². The van der Waals surface area contributed by atoms with Crippen LogP contribution < -0.4 is 14.3 Å². The molecule has 7 nitrogen and oxygen atoms in total.